The number of aliphatic hydroxyl groups is 1. The van der Waals surface area contributed by atoms with E-state index in [-0.39, 0.29) is 18.2 Å². The van der Waals surface area contributed by atoms with Gasteiger partial charge in [0, 0.05) is 6.54 Å². The van der Waals surface area contributed by atoms with Crippen molar-refractivity contribution in [3.63, 3.8) is 0 Å². The van der Waals surface area contributed by atoms with Crippen LogP contribution in [0.25, 0.3) is 0 Å². The molecule has 0 aliphatic rings. The second kappa shape index (κ2) is 6.83. The molecule has 106 valence electrons. The number of benzene rings is 1. The van der Waals surface area contributed by atoms with Crippen molar-refractivity contribution in [3.8, 4) is 0 Å². The SMILES string of the molecule is COC(=O)c1coc(C(CO)NCc2ccccc2)n1. The first-order valence-electron chi connectivity index (χ1n) is 6.16. The van der Waals surface area contributed by atoms with E-state index in [0.29, 0.717) is 6.54 Å². The minimum atomic E-state index is -0.570. The second-order valence-corrected chi connectivity index (χ2v) is 4.16. The molecular weight excluding hydrogens is 260 g/mol. The van der Waals surface area contributed by atoms with E-state index in [0.717, 1.165) is 5.56 Å². The summed E-state index contributed by atoms with van der Waals surface area (Å²) in [6.45, 7) is 0.371. The third kappa shape index (κ3) is 3.43. The average molecular weight is 276 g/mol. The van der Waals surface area contributed by atoms with Gasteiger partial charge in [0.15, 0.2) is 5.69 Å². The Morgan fingerprint density at radius 2 is 2.20 bits per heavy atom. The monoisotopic (exact) mass is 276 g/mol. The van der Waals surface area contributed by atoms with Gasteiger partial charge < -0.3 is 14.3 Å². The lowest BCUT2D eigenvalue weighted by Crippen LogP contribution is -2.24. The number of nitrogens with zero attached hydrogens (tertiary/aromatic N) is 1. The van der Waals surface area contributed by atoms with E-state index >= 15 is 0 Å². The van der Waals surface area contributed by atoms with Gasteiger partial charge in [0.2, 0.25) is 5.89 Å². The zero-order chi connectivity index (χ0) is 14.4. The first-order valence-corrected chi connectivity index (χ1v) is 6.16. The van der Waals surface area contributed by atoms with E-state index < -0.39 is 12.0 Å². The highest BCUT2D eigenvalue weighted by Crippen LogP contribution is 2.13. The van der Waals surface area contributed by atoms with Gasteiger partial charge >= 0.3 is 5.97 Å². The molecule has 0 amide bonds. The third-order valence-corrected chi connectivity index (χ3v) is 2.79. The van der Waals surface area contributed by atoms with Crippen molar-refractivity contribution in [1.29, 1.82) is 0 Å². The quantitative estimate of drug-likeness (QED) is 0.773. The average Bonchev–Trinajstić information content (AvgIpc) is 2.98. The molecule has 1 aromatic carbocycles. The molecule has 1 heterocycles. The molecular formula is C14H16N2O4. The summed E-state index contributed by atoms with van der Waals surface area (Å²) in [6.07, 6.45) is 1.22. The summed E-state index contributed by atoms with van der Waals surface area (Å²) in [6, 6.07) is 9.27. The predicted octanol–water partition coefficient (Wildman–Crippen LogP) is 1.28. The third-order valence-electron chi connectivity index (χ3n) is 2.79. The molecule has 1 atom stereocenters. The van der Waals surface area contributed by atoms with E-state index in [1.807, 2.05) is 30.3 Å². The number of oxazole rings is 1. The number of methoxy groups -OCH3 is 1. The highest BCUT2D eigenvalue weighted by Gasteiger charge is 2.19. The van der Waals surface area contributed by atoms with Gasteiger partial charge in [-0.1, -0.05) is 30.3 Å². The van der Waals surface area contributed by atoms with Crippen LogP contribution >= 0.6 is 0 Å². The number of aromatic nitrogens is 1. The molecule has 0 saturated heterocycles. The maximum atomic E-state index is 11.3. The molecule has 0 aliphatic carbocycles. The minimum absolute atomic E-state index is 0.0856. The zero-order valence-corrected chi connectivity index (χ0v) is 11.1. The second-order valence-electron chi connectivity index (χ2n) is 4.16. The van der Waals surface area contributed by atoms with Crippen LogP contribution in [0.4, 0.5) is 0 Å². The highest BCUT2D eigenvalue weighted by atomic mass is 16.5. The number of nitrogens with one attached hydrogen (secondary N) is 1. The van der Waals surface area contributed by atoms with Crippen LogP contribution < -0.4 is 5.32 Å². The van der Waals surface area contributed by atoms with E-state index in [1.54, 1.807) is 0 Å². The number of esters is 1. The van der Waals surface area contributed by atoms with Crippen LogP contribution in [-0.4, -0.2) is 29.8 Å². The summed E-state index contributed by atoms with van der Waals surface area (Å²) in [7, 11) is 1.27. The molecule has 0 aliphatic heterocycles. The molecule has 2 aromatic rings. The van der Waals surface area contributed by atoms with Crippen LogP contribution in [0.5, 0.6) is 0 Å². The lowest BCUT2D eigenvalue weighted by Gasteiger charge is -2.12. The standard InChI is InChI=1S/C14H16N2O4/c1-19-14(18)12-9-20-13(16-12)11(8-17)15-7-10-5-3-2-4-6-10/h2-6,9,11,15,17H,7-8H2,1H3. The van der Waals surface area contributed by atoms with Crippen LogP contribution in [0, 0.1) is 0 Å². The molecule has 6 nitrogen and oxygen atoms in total. The smallest absolute Gasteiger partial charge is 0.360 e. The first kappa shape index (κ1) is 14.2. The summed E-state index contributed by atoms with van der Waals surface area (Å²) >= 11 is 0. The van der Waals surface area contributed by atoms with E-state index in [9.17, 15) is 9.90 Å². The molecule has 1 unspecified atom stereocenters. The predicted molar refractivity (Wildman–Crippen MR) is 71.0 cm³/mol. The lowest BCUT2D eigenvalue weighted by atomic mass is 10.2. The van der Waals surface area contributed by atoms with Crippen molar-refractivity contribution < 1.29 is 19.1 Å². The Bertz CT molecular complexity index is 553. The van der Waals surface area contributed by atoms with E-state index in [1.165, 1.54) is 13.4 Å². The van der Waals surface area contributed by atoms with E-state index in [2.05, 4.69) is 15.0 Å². The Kier molecular flexibility index (Phi) is 4.86. The fourth-order valence-electron chi connectivity index (χ4n) is 1.71. The van der Waals surface area contributed by atoms with Crippen LogP contribution in [0.15, 0.2) is 41.0 Å². The summed E-state index contributed by atoms with van der Waals surface area (Å²) < 4.78 is 9.74. The normalized spacial score (nSPS) is 12.1. The number of hydrogen-bond acceptors (Lipinski definition) is 6. The molecule has 0 fully saturated rings. The first-order chi connectivity index (χ1) is 9.74. The molecule has 6 heteroatoms. The van der Waals surface area contributed by atoms with Crippen LogP contribution in [-0.2, 0) is 11.3 Å². The molecule has 0 radical (unpaired) electrons. The van der Waals surface area contributed by atoms with Gasteiger partial charge in [-0.25, -0.2) is 9.78 Å². The van der Waals surface area contributed by atoms with E-state index in [4.69, 9.17) is 4.42 Å². The van der Waals surface area contributed by atoms with Gasteiger partial charge in [-0.3, -0.25) is 5.32 Å². The molecule has 2 N–H and O–H groups in total. The van der Waals surface area contributed by atoms with Gasteiger partial charge in [-0.2, -0.15) is 0 Å². The number of aliphatic hydroxyl groups excluding tert-OH is 1. The number of hydrogen-bond donors (Lipinski definition) is 2. The van der Waals surface area contributed by atoms with Gasteiger partial charge in [-0.05, 0) is 5.56 Å². The molecule has 20 heavy (non-hydrogen) atoms. The molecule has 0 bridgehead atoms. The van der Waals surface area contributed by atoms with Crippen molar-refractivity contribution in [1.82, 2.24) is 10.3 Å². The van der Waals surface area contributed by atoms with Crippen LogP contribution in [0.1, 0.15) is 28.0 Å². The lowest BCUT2D eigenvalue weighted by molar-refractivity contribution is 0.0594. The topological polar surface area (TPSA) is 84.6 Å². The Morgan fingerprint density at radius 1 is 1.45 bits per heavy atom. The summed E-state index contributed by atoms with van der Waals surface area (Å²) in [5.74, 6) is -0.316. The van der Waals surface area contributed by atoms with Gasteiger partial charge in [0.1, 0.15) is 12.3 Å². The minimum Gasteiger partial charge on any atom is -0.464 e. The Labute approximate surface area is 116 Å². The number of rotatable bonds is 6. The zero-order valence-electron chi connectivity index (χ0n) is 11.1. The maximum Gasteiger partial charge on any atom is 0.360 e. The molecule has 1 aromatic heterocycles. The Balaban J connectivity index is 2.01. The summed E-state index contributed by atoms with van der Waals surface area (Å²) in [5, 5.41) is 12.5. The highest BCUT2D eigenvalue weighted by molar-refractivity contribution is 5.86. The van der Waals surface area contributed by atoms with Crippen molar-refractivity contribution in [3.05, 3.63) is 53.7 Å². The fourth-order valence-corrected chi connectivity index (χ4v) is 1.71. The van der Waals surface area contributed by atoms with Gasteiger partial charge in [0.25, 0.3) is 0 Å². The Morgan fingerprint density at radius 3 is 2.85 bits per heavy atom. The van der Waals surface area contributed by atoms with Crippen molar-refractivity contribution in [2.75, 3.05) is 13.7 Å². The number of carbonyl (C=O) groups excluding carboxylic acids is 1. The largest absolute Gasteiger partial charge is 0.464 e. The summed E-state index contributed by atoms with van der Waals surface area (Å²) in [4.78, 5) is 15.3. The van der Waals surface area contributed by atoms with Crippen LogP contribution in [0.2, 0.25) is 0 Å². The molecule has 0 saturated carbocycles. The maximum absolute atomic E-state index is 11.3. The van der Waals surface area contributed by atoms with Crippen LogP contribution in [0.3, 0.4) is 0 Å². The number of ether oxygens (including phenoxy) is 1. The van der Waals surface area contributed by atoms with Gasteiger partial charge in [-0.15, -0.1) is 0 Å². The number of carbonyl (C=O) groups is 1. The Hall–Kier alpha value is -2.18. The van der Waals surface area contributed by atoms with Crippen molar-refractivity contribution >= 4 is 5.97 Å². The molecule has 2 rings (SSSR count). The van der Waals surface area contributed by atoms with Gasteiger partial charge in [0.05, 0.1) is 13.7 Å². The van der Waals surface area contributed by atoms with Crippen molar-refractivity contribution in [2.24, 2.45) is 0 Å². The summed E-state index contributed by atoms with van der Waals surface area (Å²) in [5.41, 5.74) is 1.16. The molecule has 0 spiro atoms. The fraction of sp³-hybridized carbons (Fsp3) is 0.286. The van der Waals surface area contributed by atoms with Crippen molar-refractivity contribution in [2.45, 2.75) is 12.6 Å².